The van der Waals surface area contributed by atoms with Gasteiger partial charge in [0.25, 0.3) is 5.91 Å². The van der Waals surface area contributed by atoms with Gasteiger partial charge in [-0.05, 0) is 48.6 Å². The molecule has 0 saturated heterocycles. The molecule has 43 heavy (non-hydrogen) atoms. The van der Waals surface area contributed by atoms with E-state index in [1.54, 1.807) is 42.5 Å². The molecule has 228 valence electrons. The maximum absolute atomic E-state index is 14.1. The van der Waals surface area contributed by atoms with E-state index in [2.05, 4.69) is 10.1 Å². The lowest BCUT2D eigenvalue weighted by atomic mass is 10.0. The summed E-state index contributed by atoms with van der Waals surface area (Å²) in [5.41, 5.74) is 1.90. The van der Waals surface area contributed by atoms with Crippen LogP contribution in [0.3, 0.4) is 0 Å². The summed E-state index contributed by atoms with van der Waals surface area (Å²) in [4.78, 5) is 27.4. The van der Waals surface area contributed by atoms with Crippen molar-refractivity contribution in [3.63, 3.8) is 0 Å². The number of ether oxygens (including phenoxy) is 4. The van der Waals surface area contributed by atoms with Crippen LogP contribution in [0.2, 0.25) is 5.02 Å². The molecule has 2 aliphatic rings. The number of methoxy groups -OCH3 is 2. The number of hydrogen-bond acceptors (Lipinski definition) is 7. The van der Waals surface area contributed by atoms with Crippen LogP contribution in [0, 0.1) is 5.41 Å². The molecule has 1 N–H and O–H groups in total. The molecule has 0 radical (unpaired) electrons. The number of nitrogens with zero attached hydrogens (tertiary/aromatic N) is 1. The molecule has 1 aliphatic carbocycles. The van der Waals surface area contributed by atoms with Gasteiger partial charge in [0.15, 0.2) is 0 Å². The first-order valence-corrected chi connectivity index (χ1v) is 14.0. The molecule has 3 aromatic carbocycles. The van der Waals surface area contributed by atoms with Gasteiger partial charge in [0.2, 0.25) is 0 Å². The van der Waals surface area contributed by atoms with Gasteiger partial charge < -0.3 is 29.2 Å². The van der Waals surface area contributed by atoms with Crippen LogP contribution in [-0.4, -0.2) is 45.6 Å². The lowest BCUT2D eigenvalue weighted by molar-refractivity contribution is -0.274. The molecule has 1 fully saturated rings. The van der Waals surface area contributed by atoms with E-state index >= 15 is 0 Å². The van der Waals surface area contributed by atoms with Crippen molar-refractivity contribution in [3.05, 3.63) is 76.8 Å². The third-order valence-corrected chi connectivity index (χ3v) is 7.83. The van der Waals surface area contributed by atoms with Gasteiger partial charge in [0, 0.05) is 46.9 Å². The van der Waals surface area contributed by atoms with Gasteiger partial charge >= 0.3 is 12.3 Å². The molecular weight excluding hydrogens is 589 g/mol. The molecule has 0 aromatic heterocycles. The van der Waals surface area contributed by atoms with Crippen molar-refractivity contribution < 1.29 is 41.7 Å². The highest BCUT2D eigenvalue weighted by atomic mass is 35.5. The Labute approximate surface area is 251 Å². The smallest absolute Gasteiger partial charge is 0.497 e. The Morgan fingerprint density at radius 3 is 2.37 bits per heavy atom. The second-order valence-corrected chi connectivity index (χ2v) is 11.1. The number of esters is 1. The van der Waals surface area contributed by atoms with Gasteiger partial charge in [-0.2, -0.15) is 0 Å². The highest BCUT2D eigenvalue weighted by molar-refractivity contribution is 6.30. The number of nitrogens with one attached hydrogen (secondary N) is 1. The van der Waals surface area contributed by atoms with Crippen molar-refractivity contribution in [2.24, 2.45) is 5.41 Å². The number of fused-ring (bicyclic) bond motifs is 1. The van der Waals surface area contributed by atoms with E-state index in [0.29, 0.717) is 46.5 Å². The fourth-order valence-corrected chi connectivity index (χ4v) is 5.20. The minimum Gasteiger partial charge on any atom is -0.497 e. The Hall–Kier alpha value is -4.12. The summed E-state index contributed by atoms with van der Waals surface area (Å²) in [5.74, 6) is -0.136. The summed E-state index contributed by atoms with van der Waals surface area (Å²) in [6.45, 7) is 0.589. The zero-order chi connectivity index (χ0) is 30.8. The molecule has 8 nitrogen and oxygen atoms in total. The highest BCUT2D eigenvalue weighted by Crippen LogP contribution is 2.49. The van der Waals surface area contributed by atoms with Crippen LogP contribution in [0.5, 0.6) is 17.2 Å². The van der Waals surface area contributed by atoms with E-state index in [1.807, 2.05) is 0 Å². The van der Waals surface area contributed by atoms with Crippen molar-refractivity contribution in [1.82, 2.24) is 0 Å². The summed E-state index contributed by atoms with van der Waals surface area (Å²) >= 11 is 6.11. The van der Waals surface area contributed by atoms with E-state index in [0.717, 1.165) is 18.4 Å². The van der Waals surface area contributed by atoms with E-state index in [4.69, 9.17) is 25.8 Å². The van der Waals surface area contributed by atoms with Crippen LogP contribution in [-0.2, 0) is 20.7 Å². The zero-order valence-electron chi connectivity index (χ0n) is 23.5. The molecular formula is C31H30ClF3N2O6. The van der Waals surface area contributed by atoms with E-state index in [-0.39, 0.29) is 30.3 Å². The largest absolute Gasteiger partial charge is 0.573 e. The lowest BCUT2D eigenvalue weighted by Gasteiger charge is -2.27. The second-order valence-electron chi connectivity index (χ2n) is 10.6. The Kier molecular flexibility index (Phi) is 8.64. The van der Waals surface area contributed by atoms with E-state index < -0.39 is 18.2 Å². The van der Waals surface area contributed by atoms with E-state index in [1.165, 1.54) is 37.3 Å². The van der Waals surface area contributed by atoms with E-state index in [9.17, 15) is 22.8 Å². The summed E-state index contributed by atoms with van der Waals surface area (Å²) in [6, 6.07) is 14.9. The molecule has 1 saturated carbocycles. The Balaban J connectivity index is 1.42. The maximum Gasteiger partial charge on any atom is 0.573 e. The summed E-state index contributed by atoms with van der Waals surface area (Å²) < 4.78 is 59.2. The average Bonchev–Trinajstić information content (AvgIpc) is 3.61. The number of halogens is 4. The van der Waals surface area contributed by atoms with Crippen molar-refractivity contribution in [2.45, 2.75) is 38.1 Å². The molecule has 1 heterocycles. The van der Waals surface area contributed by atoms with Gasteiger partial charge in [-0.1, -0.05) is 29.8 Å². The molecule has 0 spiro atoms. The van der Waals surface area contributed by atoms with Gasteiger partial charge in [-0.15, -0.1) is 13.2 Å². The van der Waals surface area contributed by atoms with Crippen molar-refractivity contribution in [2.75, 3.05) is 37.6 Å². The third kappa shape index (κ3) is 7.45. The van der Waals surface area contributed by atoms with Crippen LogP contribution >= 0.6 is 11.6 Å². The van der Waals surface area contributed by atoms with Gasteiger partial charge in [0.1, 0.15) is 23.3 Å². The minimum absolute atomic E-state index is 0.263. The Morgan fingerprint density at radius 1 is 1.00 bits per heavy atom. The average molecular weight is 619 g/mol. The van der Waals surface area contributed by atoms with Crippen LogP contribution < -0.4 is 24.4 Å². The molecule has 3 aromatic rings. The topological polar surface area (TPSA) is 86.3 Å². The zero-order valence-corrected chi connectivity index (χ0v) is 24.3. The lowest BCUT2D eigenvalue weighted by Crippen LogP contribution is -2.37. The first-order chi connectivity index (χ1) is 20.5. The number of carbonyl (C=O) groups excluding carboxylic acids is 2. The van der Waals surface area contributed by atoms with Crippen LogP contribution in [0.1, 0.15) is 36.4 Å². The van der Waals surface area contributed by atoms with Crippen LogP contribution in [0.4, 0.5) is 24.5 Å². The van der Waals surface area contributed by atoms with Gasteiger partial charge in [-0.25, -0.2) is 0 Å². The highest BCUT2D eigenvalue weighted by Gasteiger charge is 2.45. The fourth-order valence-electron chi connectivity index (χ4n) is 5.07. The molecule has 1 unspecified atom stereocenters. The number of amides is 1. The summed E-state index contributed by atoms with van der Waals surface area (Å²) in [5, 5.41) is 3.74. The van der Waals surface area contributed by atoms with Crippen molar-refractivity contribution >= 4 is 34.9 Å². The Morgan fingerprint density at radius 2 is 1.72 bits per heavy atom. The first kappa shape index (κ1) is 30.3. The molecule has 1 atom stereocenters. The number of alkyl halides is 3. The SMILES string of the molecule is COC(=O)CC1(COc2cc(NC(C(=O)N3CCc4ccc(OC(F)(F)F)cc43)c3ccc(Cl)cc3)cc(OC)c2)CC1. The quantitative estimate of drug-likeness (QED) is 0.239. The van der Waals surface area contributed by atoms with Crippen molar-refractivity contribution in [1.29, 1.82) is 0 Å². The molecule has 1 aliphatic heterocycles. The normalized spacial score (nSPS) is 15.7. The van der Waals surface area contributed by atoms with Crippen molar-refractivity contribution in [3.8, 4) is 17.2 Å². The molecule has 0 bridgehead atoms. The standard InChI is InChI=1S/C31H30ClF3N2O6/c1-40-24-13-22(14-25(15-24)42-18-30(10-11-30)17-27(38)41-2)36-28(20-3-6-21(32)7-4-20)29(39)37-12-9-19-5-8-23(16-26(19)37)43-31(33,34)35/h3-8,13-16,28,36H,9-12,17-18H2,1-2H3. The maximum atomic E-state index is 14.1. The molecule has 1 amide bonds. The van der Waals surface area contributed by atoms with Crippen LogP contribution in [0.25, 0.3) is 0 Å². The summed E-state index contributed by atoms with van der Waals surface area (Å²) in [6.07, 6.45) is -2.43. The predicted molar refractivity (Wildman–Crippen MR) is 154 cm³/mol. The number of carbonyl (C=O) groups is 2. The first-order valence-electron chi connectivity index (χ1n) is 13.6. The van der Waals surface area contributed by atoms with Gasteiger partial charge in [-0.3, -0.25) is 9.59 Å². The fraction of sp³-hybridized carbons (Fsp3) is 0.355. The number of anilines is 2. The number of benzene rings is 3. The number of rotatable bonds is 11. The van der Waals surface area contributed by atoms with Gasteiger partial charge in [0.05, 0.1) is 32.9 Å². The number of hydrogen-bond donors (Lipinski definition) is 1. The third-order valence-electron chi connectivity index (χ3n) is 7.58. The summed E-state index contributed by atoms with van der Waals surface area (Å²) in [7, 11) is 2.86. The van der Waals surface area contributed by atoms with Crippen LogP contribution in [0.15, 0.2) is 60.7 Å². The Bertz CT molecular complexity index is 1490. The molecule has 12 heteroatoms. The monoisotopic (exact) mass is 618 g/mol. The minimum atomic E-state index is -4.86. The second kappa shape index (κ2) is 12.2. The predicted octanol–water partition coefficient (Wildman–Crippen LogP) is 6.71. The molecule has 5 rings (SSSR count).